The summed E-state index contributed by atoms with van der Waals surface area (Å²) < 4.78 is 40.1. The Morgan fingerprint density at radius 3 is 2.50 bits per heavy atom. The number of likely N-dealkylation sites (N-methyl/N-ethyl adjacent to an activating group) is 1. The Morgan fingerprint density at radius 2 is 2.00 bits per heavy atom. The third-order valence-corrected chi connectivity index (χ3v) is 5.19. The van der Waals surface area contributed by atoms with E-state index in [1.807, 2.05) is 38.9 Å². The second kappa shape index (κ2) is 7.10. The molecule has 3 unspecified atom stereocenters. The molecule has 22 heavy (non-hydrogen) atoms. The summed E-state index contributed by atoms with van der Waals surface area (Å²) >= 11 is 0. The molecule has 7 nitrogen and oxygen atoms in total. The van der Waals surface area contributed by atoms with Crippen LogP contribution in [-0.4, -0.2) is 63.6 Å². The lowest BCUT2D eigenvalue weighted by molar-refractivity contribution is -0.0444. The lowest BCUT2D eigenvalue weighted by atomic mass is 10.2. The fourth-order valence-corrected chi connectivity index (χ4v) is 3.98. The molecule has 126 valence electrons. The maximum absolute atomic E-state index is 12.5. The minimum Gasteiger partial charge on any atom is -0.468 e. The van der Waals surface area contributed by atoms with Crippen LogP contribution in [0.15, 0.2) is 22.8 Å². The fraction of sp³-hybridized carbons (Fsp3) is 0.714. The predicted octanol–water partition coefficient (Wildman–Crippen LogP) is 0.826. The molecule has 3 atom stereocenters. The van der Waals surface area contributed by atoms with Gasteiger partial charge in [0.2, 0.25) is 0 Å². The van der Waals surface area contributed by atoms with E-state index in [1.165, 1.54) is 4.31 Å². The van der Waals surface area contributed by atoms with Crippen molar-refractivity contribution in [1.82, 2.24) is 13.9 Å². The summed E-state index contributed by atoms with van der Waals surface area (Å²) in [5, 5.41) is 0. The molecule has 0 saturated carbocycles. The Balaban J connectivity index is 2.02. The number of ether oxygens (including phenoxy) is 1. The highest BCUT2D eigenvalue weighted by Gasteiger charge is 2.31. The zero-order valence-corrected chi connectivity index (χ0v) is 14.3. The highest BCUT2D eigenvalue weighted by atomic mass is 32.2. The topological polar surface area (TPSA) is 75.0 Å². The minimum absolute atomic E-state index is 0.102. The van der Waals surface area contributed by atoms with Crippen LogP contribution in [0.1, 0.15) is 25.6 Å². The van der Waals surface area contributed by atoms with Gasteiger partial charge in [0.25, 0.3) is 10.2 Å². The first-order valence-corrected chi connectivity index (χ1v) is 8.83. The van der Waals surface area contributed by atoms with Crippen molar-refractivity contribution >= 4 is 10.2 Å². The number of nitrogens with one attached hydrogen (secondary N) is 1. The Morgan fingerprint density at radius 1 is 1.36 bits per heavy atom. The van der Waals surface area contributed by atoms with Gasteiger partial charge in [-0.2, -0.15) is 12.7 Å². The number of hydrogen-bond acceptors (Lipinski definition) is 5. The number of morpholine rings is 1. The third-order valence-electron chi connectivity index (χ3n) is 3.68. The van der Waals surface area contributed by atoms with Crippen LogP contribution >= 0.6 is 0 Å². The first kappa shape index (κ1) is 17.4. The molecule has 8 heteroatoms. The van der Waals surface area contributed by atoms with E-state index in [1.54, 1.807) is 12.3 Å². The largest absolute Gasteiger partial charge is 0.468 e. The SMILES string of the molecule is CC1CN(S(=O)(=O)NCC(c2ccco2)N(C)C)CC(C)O1. The lowest BCUT2D eigenvalue weighted by Crippen LogP contribution is -2.52. The van der Waals surface area contributed by atoms with Gasteiger partial charge in [-0.05, 0) is 40.1 Å². The minimum atomic E-state index is -3.53. The van der Waals surface area contributed by atoms with E-state index >= 15 is 0 Å². The standard InChI is InChI=1S/C14H25N3O4S/c1-11-9-17(10-12(2)21-11)22(18,19)15-8-13(16(3)4)14-6-5-7-20-14/h5-7,11-13,15H,8-10H2,1-4H3. The first-order chi connectivity index (χ1) is 10.3. The smallest absolute Gasteiger partial charge is 0.279 e. The molecule has 1 aliphatic rings. The van der Waals surface area contributed by atoms with E-state index in [2.05, 4.69) is 4.72 Å². The number of furan rings is 1. The molecular formula is C14H25N3O4S. The molecule has 1 aromatic rings. The van der Waals surface area contributed by atoms with E-state index in [9.17, 15) is 8.42 Å². The van der Waals surface area contributed by atoms with Crippen LogP contribution in [0.25, 0.3) is 0 Å². The first-order valence-electron chi connectivity index (χ1n) is 7.39. The van der Waals surface area contributed by atoms with Crippen molar-refractivity contribution in [2.75, 3.05) is 33.7 Å². The molecule has 1 saturated heterocycles. The molecule has 1 fully saturated rings. The monoisotopic (exact) mass is 331 g/mol. The van der Waals surface area contributed by atoms with Crippen molar-refractivity contribution in [2.24, 2.45) is 0 Å². The third kappa shape index (κ3) is 4.30. The summed E-state index contributed by atoms with van der Waals surface area (Å²) in [5.74, 6) is 0.733. The van der Waals surface area contributed by atoms with Gasteiger partial charge in [-0.3, -0.25) is 4.90 Å². The summed E-state index contributed by atoms with van der Waals surface area (Å²) in [7, 11) is 0.245. The molecule has 0 spiro atoms. The molecule has 2 heterocycles. The van der Waals surface area contributed by atoms with Crippen LogP contribution in [0.2, 0.25) is 0 Å². The second-order valence-electron chi connectivity index (χ2n) is 5.92. The highest BCUT2D eigenvalue weighted by Crippen LogP contribution is 2.19. The fourth-order valence-electron chi connectivity index (χ4n) is 2.62. The molecule has 1 aromatic heterocycles. The molecule has 1 aliphatic heterocycles. The molecule has 0 amide bonds. The summed E-state index contributed by atoms with van der Waals surface area (Å²) in [6.45, 7) is 4.75. The van der Waals surface area contributed by atoms with Gasteiger partial charge in [-0.25, -0.2) is 4.72 Å². The van der Waals surface area contributed by atoms with Crippen molar-refractivity contribution in [1.29, 1.82) is 0 Å². The molecule has 0 aliphatic carbocycles. The zero-order valence-electron chi connectivity index (χ0n) is 13.5. The highest BCUT2D eigenvalue weighted by molar-refractivity contribution is 7.87. The number of nitrogens with zero attached hydrogens (tertiary/aromatic N) is 2. The quantitative estimate of drug-likeness (QED) is 0.835. The summed E-state index contributed by atoms with van der Waals surface area (Å²) in [6, 6.07) is 3.49. The van der Waals surface area contributed by atoms with E-state index < -0.39 is 10.2 Å². The van der Waals surface area contributed by atoms with Gasteiger partial charge in [-0.1, -0.05) is 0 Å². The molecule has 1 N–H and O–H groups in total. The molecule has 2 rings (SSSR count). The van der Waals surface area contributed by atoms with Crippen LogP contribution in [-0.2, 0) is 14.9 Å². The van der Waals surface area contributed by atoms with E-state index in [4.69, 9.17) is 9.15 Å². The molecule has 0 aromatic carbocycles. The van der Waals surface area contributed by atoms with Crippen LogP contribution in [0, 0.1) is 0 Å². The van der Waals surface area contributed by atoms with Gasteiger partial charge in [0.05, 0.1) is 24.5 Å². The van der Waals surface area contributed by atoms with Gasteiger partial charge < -0.3 is 9.15 Å². The van der Waals surface area contributed by atoms with Crippen molar-refractivity contribution in [3.63, 3.8) is 0 Å². The molecule has 0 radical (unpaired) electrons. The van der Waals surface area contributed by atoms with Gasteiger partial charge >= 0.3 is 0 Å². The molecular weight excluding hydrogens is 306 g/mol. The van der Waals surface area contributed by atoms with Crippen molar-refractivity contribution < 1.29 is 17.6 Å². The summed E-state index contributed by atoms with van der Waals surface area (Å²) in [4.78, 5) is 1.92. The van der Waals surface area contributed by atoms with Crippen molar-refractivity contribution in [2.45, 2.75) is 32.1 Å². The van der Waals surface area contributed by atoms with E-state index in [0.29, 0.717) is 13.1 Å². The van der Waals surface area contributed by atoms with Crippen LogP contribution in [0.3, 0.4) is 0 Å². The normalized spacial score (nSPS) is 25.5. The molecule has 0 bridgehead atoms. The predicted molar refractivity (Wildman–Crippen MR) is 83.6 cm³/mol. The van der Waals surface area contributed by atoms with Crippen molar-refractivity contribution in [3.05, 3.63) is 24.2 Å². The average Bonchev–Trinajstić information content (AvgIpc) is 2.91. The number of hydrogen-bond donors (Lipinski definition) is 1. The summed E-state index contributed by atoms with van der Waals surface area (Å²) in [5.41, 5.74) is 0. The maximum Gasteiger partial charge on any atom is 0.279 e. The van der Waals surface area contributed by atoms with E-state index in [0.717, 1.165) is 5.76 Å². The average molecular weight is 331 g/mol. The van der Waals surface area contributed by atoms with Crippen LogP contribution in [0.5, 0.6) is 0 Å². The zero-order chi connectivity index (χ0) is 16.3. The second-order valence-corrected chi connectivity index (χ2v) is 7.68. The van der Waals surface area contributed by atoms with Gasteiger partial charge in [0, 0.05) is 19.6 Å². The number of rotatable bonds is 6. The Hall–Kier alpha value is -0.930. The Kier molecular flexibility index (Phi) is 5.62. The van der Waals surface area contributed by atoms with E-state index in [-0.39, 0.29) is 24.8 Å². The van der Waals surface area contributed by atoms with Crippen molar-refractivity contribution in [3.8, 4) is 0 Å². The summed E-state index contributed by atoms with van der Waals surface area (Å²) in [6.07, 6.45) is 1.39. The van der Waals surface area contributed by atoms with Crippen LogP contribution in [0.4, 0.5) is 0 Å². The lowest BCUT2D eigenvalue weighted by Gasteiger charge is -2.34. The van der Waals surface area contributed by atoms with Crippen LogP contribution < -0.4 is 4.72 Å². The maximum atomic E-state index is 12.5. The van der Waals surface area contributed by atoms with Gasteiger partial charge in [0.15, 0.2) is 0 Å². The van der Waals surface area contributed by atoms with Gasteiger partial charge in [0.1, 0.15) is 5.76 Å². The Bertz CT molecular complexity index is 549. The Labute approximate surface area is 132 Å². The van der Waals surface area contributed by atoms with Gasteiger partial charge in [-0.15, -0.1) is 0 Å².